The Morgan fingerprint density at radius 2 is 1.86 bits per heavy atom. The van der Waals surface area contributed by atoms with Crippen LogP contribution in [0.2, 0.25) is 0 Å². The molecule has 22 heavy (non-hydrogen) atoms. The standard InChI is InChI=1S/C13H13N3O5S/c1-21-13(18)9-5-2-3-7-11(9)22(19,20)16-15-12(17)10-6-4-8-14-10/h2-8,14,16H,1H3,(H,15,17). The number of sulfonamides is 1. The highest BCUT2D eigenvalue weighted by Gasteiger charge is 2.23. The van der Waals surface area contributed by atoms with Crippen LogP contribution in [0.5, 0.6) is 0 Å². The Morgan fingerprint density at radius 1 is 1.14 bits per heavy atom. The van der Waals surface area contributed by atoms with Gasteiger partial charge in [-0.05, 0) is 24.3 Å². The van der Waals surface area contributed by atoms with Crippen LogP contribution in [0.15, 0.2) is 47.5 Å². The van der Waals surface area contributed by atoms with Gasteiger partial charge in [0.15, 0.2) is 0 Å². The first-order chi connectivity index (χ1) is 10.5. The molecule has 2 aromatic rings. The van der Waals surface area contributed by atoms with Crippen molar-refractivity contribution in [1.82, 2.24) is 15.2 Å². The molecule has 2 rings (SSSR count). The molecular formula is C13H13N3O5S. The van der Waals surface area contributed by atoms with Crippen LogP contribution < -0.4 is 10.3 Å². The number of aromatic amines is 1. The molecule has 116 valence electrons. The summed E-state index contributed by atoms with van der Waals surface area (Å²) in [5, 5.41) is 0. The summed E-state index contributed by atoms with van der Waals surface area (Å²) in [6, 6.07) is 8.57. The van der Waals surface area contributed by atoms with Gasteiger partial charge in [0.2, 0.25) is 0 Å². The number of hydrogen-bond donors (Lipinski definition) is 3. The van der Waals surface area contributed by atoms with Crippen molar-refractivity contribution in [3.63, 3.8) is 0 Å². The fourth-order valence-electron chi connectivity index (χ4n) is 1.69. The van der Waals surface area contributed by atoms with Gasteiger partial charge in [-0.15, -0.1) is 4.83 Å². The van der Waals surface area contributed by atoms with E-state index in [-0.39, 0.29) is 16.2 Å². The van der Waals surface area contributed by atoms with Gasteiger partial charge in [0.05, 0.1) is 17.6 Å². The zero-order valence-corrected chi connectivity index (χ0v) is 12.3. The maximum Gasteiger partial charge on any atom is 0.339 e. The molecule has 1 aromatic heterocycles. The molecule has 0 atom stereocenters. The van der Waals surface area contributed by atoms with Gasteiger partial charge in [-0.1, -0.05) is 12.1 Å². The fourth-order valence-corrected chi connectivity index (χ4v) is 2.72. The minimum atomic E-state index is -4.13. The number of carbonyl (C=O) groups excluding carboxylic acids is 2. The summed E-state index contributed by atoms with van der Waals surface area (Å²) in [6.07, 6.45) is 1.52. The lowest BCUT2D eigenvalue weighted by molar-refractivity contribution is 0.0596. The average Bonchev–Trinajstić information content (AvgIpc) is 3.06. The first-order valence-corrected chi connectivity index (χ1v) is 7.57. The predicted molar refractivity (Wildman–Crippen MR) is 76.4 cm³/mol. The van der Waals surface area contributed by atoms with Gasteiger partial charge in [0, 0.05) is 6.20 Å². The highest BCUT2D eigenvalue weighted by molar-refractivity contribution is 7.89. The van der Waals surface area contributed by atoms with Gasteiger partial charge in [-0.3, -0.25) is 10.2 Å². The van der Waals surface area contributed by atoms with Crippen molar-refractivity contribution in [1.29, 1.82) is 0 Å². The van der Waals surface area contributed by atoms with Crippen LogP contribution in [0.3, 0.4) is 0 Å². The van der Waals surface area contributed by atoms with E-state index in [1.165, 1.54) is 36.5 Å². The second-order valence-electron chi connectivity index (χ2n) is 4.13. The number of methoxy groups -OCH3 is 1. The minimum absolute atomic E-state index is 0.133. The third-order valence-corrected chi connectivity index (χ3v) is 4.03. The van der Waals surface area contributed by atoms with Crippen molar-refractivity contribution in [2.75, 3.05) is 7.11 Å². The van der Waals surface area contributed by atoms with Gasteiger partial charge in [-0.2, -0.15) is 0 Å². The molecular weight excluding hydrogens is 310 g/mol. The Balaban J connectivity index is 2.21. The number of hydrazine groups is 1. The molecule has 0 unspecified atom stereocenters. The molecule has 1 amide bonds. The van der Waals surface area contributed by atoms with Crippen LogP contribution in [-0.2, 0) is 14.8 Å². The molecule has 0 aliphatic heterocycles. The molecule has 0 fully saturated rings. The van der Waals surface area contributed by atoms with Crippen molar-refractivity contribution < 1.29 is 22.7 Å². The molecule has 8 nitrogen and oxygen atoms in total. The van der Waals surface area contributed by atoms with Crippen LogP contribution in [0, 0.1) is 0 Å². The lowest BCUT2D eigenvalue weighted by Gasteiger charge is -2.10. The maximum atomic E-state index is 12.2. The SMILES string of the molecule is COC(=O)c1ccccc1S(=O)(=O)NNC(=O)c1ccc[nH]1. The number of ether oxygens (including phenoxy) is 1. The molecule has 1 heterocycles. The fraction of sp³-hybridized carbons (Fsp3) is 0.0769. The molecule has 3 N–H and O–H groups in total. The topological polar surface area (TPSA) is 117 Å². The lowest BCUT2D eigenvalue weighted by Crippen LogP contribution is -2.42. The van der Waals surface area contributed by atoms with Crippen molar-refractivity contribution in [3.8, 4) is 0 Å². The van der Waals surface area contributed by atoms with E-state index in [1.807, 2.05) is 10.3 Å². The van der Waals surface area contributed by atoms with Crippen LogP contribution in [-0.4, -0.2) is 32.4 Å². The molecule has 0 saturated heterocycles. The second-order valence-corrected chi connectivity index (χ2v) is 5.78. The number of aromatic nitrogens is 1. The Kier molecular flexibility index (Phi) is 4.59. The normalized spacial score (nSPS) is 11.0. The molecule has 9 heteroatoms. The third-order valence-electron chi connectivity index (χ3n) is 2.72. The summed E-state index contributed by atoms with van der Waals surface area (Å²) in [7, 11) is -2.98. The van der Waals surface area contributed by atoms with Gasteiger partial charge in [0.1, 0.15) is 5.69 Å². The summed E-state index contributed by atoms with van der Waals surface area (Å²) in [4.78, 5) is 27.6. The summed E-state index contributed by atoms with van der Waals surface area (Å²) in [6.45, 7) is 0. The first kappa shape index (κ1) is 15.7. The number of H-pyrrole nitrogens is 1. The number of rotatable bonds is 5. The quantitative estimate of drug-likeness (QED) is 0.545. The minimum Gasteiger partial charge on any atom is -0.465 e. The number of carbonyl (C=O) groups is 2. The number of benzene rings is 1. The van der Waals surface area contributed by atoms with E-state index in [0.717, 1.165) is 7.11 Å². The zero-order valence-electron chi connectivity index (χ0n) is 11.5. The molecule has 0 bridgehead atoms. The van der Waals surface area contributed by atoms with Gasteiger partial charge < -0.3 is 9.72 Å². The summed E-state index contributed by atoms with van der Waals surface area (Å²) in [5.74, 6) is -1.46. The summed E-state index contributed by atoms with van der Waals surface area (Å²) >= 11 is 0. The molecule has 0 aliphatic carbocycles. The maximum absolute atomic E-state index is 12.2. The van der Waals surface area contributed by atoms with E-state index in [9.17, 15) is 18.0 Å². The summed E-state index contributed by atoms with van der Waals surface area (Å²) in [5.41, 5.74) is 2.10. The molecule has 0 saturated carbocycles. The number of nitrogens with one attached hydrogen (secondary N) is 3. The predicted octanol–water partition coefficient (Wildman–Crippen LogP) is 0.425. The van der Waals surface area contributed by atoms with E-state index in [2.05, 4.69) is 9.72 Å². The van der Waals surface area contributed by atoms with Crippen molar-refractivity contribution >= 4 is 21.9 Å². The van der Waals surface area contributed by atoms with Crippen LogP contribution in [0.25, 0.3) is 0 Å². The highest BCUT2D eigenvalue weighted by Crippen LogP contribution is 2.15. The first-order valence-electron chi connectivity index (χ1n) is 6.08. The van der Waals surface area contributed by atoms with E-state index in [4.69, 9.17) is 0 Å². The third kappa shape index (κ3) is 3.32. The van der Waals surface area contributed by atoms with Crippen LogP contribution in [0.4, 0.5) is 0 Å². The second kappa shape index (κ2) is 6.41. The lowest BCUT2D eigenvalue weighted by atomic mass is 10.2. The molecule has 0 radical (unpaired) electrons. The van der Waals surface area contributed by atoms with E-state index < -0.39 is 21.9 Å². The van der Waals surface area contributed by atoms with Gasteiger partial charge >= 0.3 is 5.97 Å². The van der Waals surface area contributed by atoms with Crippen molar-refractivity contribution in [2.45, 2.75) is 4.90 Å². The Labute approximate surface area is 126 Å². The van der Waals surface area contributed by atoms with Crippen molar-refractivity contribution in [3.05, 3.63) is 53.9 Å². The molecule has 0 aliphatic rings. The Bertz CT molecular complexity index is 784. The molecule has 1 aromatic carbocycles. The van der Waals surface area contributed by atoms with E-state index in [1.54, 1.807) is 6.07 Å². The Hall–Kier alpha value is -2.65. The van der Waals surface area contributed by atoms with Gasteiger partial charge in [-0.25, -0.2) is 13.2 Å². The monoisotopic (exact) mass is 323 g/mol. The van der Waals surface area contributed by atoms with E-state index in [0.29, 0.717) is 0 Å². The van der Waals surface area contributed by atoms with Gasteiger partial charge in [0.25, 0.3) is 15.9 Å². The Morgan fingerprint density at radius 3 is 2.50 bits per heavy atom. The number of esters is 1. The van der Waals surface area contributed by atoms with E-state index >= 15 is 0 Å². The average molecular weight is 323 g/mol. The number of hydrogen-bond acceptors (Lipinski definition) is 5. The largest absolute Gasteiger partial charge is 0.465 e. The van der Waals surface area contributed by atoms with Crippen molar-refractivity contribution in [2.24, 2.45) is 0 Å². The number of amides is 1. The highest BCUT2D eigenvalue weighted by atomic mass is 32.2. The zero-order chi connectivity index (χ0) is 16.2. The van der Waals surface area contributed by atoms with Crippen LogP contribution >= 0.6 is 0 Å². The smallest absolute Gasteiger partial charge is 0.339 e. The van der Waals surface area contributed by atoms with Crippen LogP contribution in [0.1, 0.15) is 20.8 Å². The summed E-state index contributed by atoms with van der Waals surface area (Å²) < 4.78 is 28.9. The molecule has 0 spiro atoms.